The summed E-state index contributed by atoms with van der Waals surface area (Å²) in [6.45, 7) is 3.02. The van der Waals surface area contributed by atoms with Crippen molar-refractivity contribution in [2.45, 2.75) is 51.0 Å². The fourth-order valence-corrected chi connectivity index (χ4v) is 5.13. The van der Waals surface area contributed by atoms with Gasteiger partial charge in [0.2, 0.25) is 5.91 Å². The van der Waals surface area contributed by atoms with Gasteiger partial charge in [0.05, 0.1) is 5.92 Å². The van der Waals surface area contributed by atoms with Crippen LogP contribution in [0.4, 0.5) is 4.79 Å². The fraction of sp³-hybridized carbons (Fsp3) is 0.444. The number of rotatable bonds is 8. The molecule has 180 valence electrons. The summed E-state index contributed by atoms with van der Waals surface area (Å²) in [5.74, 6) is -1.52. The average Bonchev–Trinajstić information content (AvgIpc) is 3.16. The summed E-state index contributed by atoms with van der Waals surface area (Å²) in [5, 5.41) is 12.2. The predicted molar refractivity (Wildman–Crippen MR) is 128 cm³/mol. The van der Waals surface area contributed by atoms with Crippen LogP contribution in [0.3, 0.4) is 0 Å². The molecule has 0 aromatic heterocycles. The van der Waals surface area contributed by atoms with E-state index in [1.54, 1.807) is 4.90 Å². The van der Waals surface area contributed by atoms with Crippen LogP contribution in [0.25, 0.3) is 11.1 Å². The number of hydrogen-bond acceptors (Lipinski definition) is 4. The summed E-state index contributed by atoms with van der Waals surface area (Å²) in [7, 11) is 0. The maximum atomic E-state index is 12.8. The molecule has 4 rings (SSSR count). The first-order chi connectivity index (χ1) is 16.5. The summed E-state index contributed by atoms with van der Waals surface area (Å²) < 4.78 is 5.64. The zero-order valence-corrected chi connectivity index (χ0v) is 19.5. The van der Waals surface area contributed by atoms with E-state index < -0.39 is 18.0 Å². The molecule has 2 N–H and O–H groups in total. The number of hydrogen-bond donors (Lipinski definition) is 2. The summed E-state index contributed by atoms with van der Waals surface area (Å²) >= 11 is 0. The van der Waals surface area contributed by atoms with E-state index >= 15 is 0 Å². The van der Waals surface area contributed by atoms with Gasteiger partial charge in [0, 0.05) is 31.5 Å². The van der Waals surface area contributed by atoms with Crippen LogP contribution in [0, 0.1) is 5.92 Å². The molecule has 1 heterocycles. The van der Waals surface area contributed by atoms with Crippen molar-refractivity contribution in [3.05, 3.63) is 59.7 Å². The number of aliphatic carboxylic acids is 1. The third-order valence-corrected chi connectivity index (χ3v) is 6.85. The number of likely N-dealkylation sites (tertiary alicyclic amines) is 1. The van der Waals surface area contributed by atoms with E-state index in [9.17, 15) is 19.5 Å². The maximum absolute atomic E-state index is 12.8. The zero-order chi connectivity index (χ0) is 24.1. The molecule has 2 aromatic rings. The lowest BCUT2D eigenvalue weighted by Crippen LogP contribution is -2.45. The molecule has 0 bridgehead atoms. The molecule has 34 heavy (non-hydrogen) atoms. The number of alkyl carbamates (subject to hydrolysis) is 1. The molecule has 2 amide bonds. The quantitative estimate of drug-likeness (QED) is 0.603. The first-order valence-corrected chi connectivity index (χ1v) is 12.1. The SMILES string of the molecule is CCC[C@H](CC(=O)N1CCC[C@H](C(=O)O)C1)NC(=O)OCC1c2ccccc2-c2ccccc21. The van der Waals surface area contributed by atoms with Crippen molar-refractivity contribution in [1.82, 2.24) is 10.2 Å². The molecule has 7 nitrogen and oxygen atoms in total. The molecule has 2 atom stereocenters. The van der Waals surface area contributed by atoms with Crippen LogP contribution in [0.1, 0.15) is 56.1 Å². The van der Waals surface area contributed by atoms with Gasteiger partial charge < -0.3 is 20.1 Å². The number of nitrogens with zero attached hydrogens (tertiary/aromatic N) is 1. The van der Waals surface area contributed by atoms with Gasteiger partial charge in [-0.05, 0) is 41.5 Å². The van der Waals surface area contributed by atoms with Gasteiger partial charge in [0.1, 0.15) is 6.61 Å². The summed E-state index contributed by atoms with van der Waals surface area (Å²) in [6, 6.07) is 16.0. The minimum absolute atomic E-state index is 0.0225. The van der Waals surface area contributed by atoms with Gasteiger partial charge in [-0.2, -0.15) is 0 Å². The second-order valence-electron chi connectivity index (χ2n) is 9.18. The van der Waals surface area contributed by atoms with Gasteiger partial charge in [-0.15, -0.1) is 0 Å². The number of carbonyl (C=O) groups is 3. The zero-order valence-electron chi connectivity index (χ0n) is 19.5. The van der Waals surface area contributed by atoms with Crippen LogP contribution in [-0.4, -0.2) is 53.7 Å². The van der Waals surface area contributed by atoms with Crippen molar-refractivity contribution < 1.29 is 24.2 Å². The van der Waals surface area contributed by atoms with Crippen molar-refractivity contribution in [3.63, 3.8) is 0 Å². The number of nitrogens with one attached hydrogen (secondary N) is 1. The Morgan fingerprint density at radius 3 is 2.35 bits per heavy atom. The number of amides is 2. The number of carboxylic acids is 1. The van der Waals surface area contributed by atoms with Crippen molar-refractivity contribution in [2.75, 3.05) is 19.7 Å². The smallest absolute Gasteiger partial charge is 0.407 e. The first-order valence-electron chi connectivity index (χ1n) is 12.1. The lowest BCUT2D eigenvalue weighted by atomic mass is 9.97. The Bertz CT molecular complexity index is 1010. The molecule has 2 aliphatic rings. The Morgan fingerprint density at radius 1 is 1.09 bits per heavy atom. The third kappa shape index (κ3) is 5.24. The largest absolute Gasteiger partial charge is 0.481 e. The average molecular weight is 465 g/mol. The van der Waals surface area contributed by atoms with Gasteiger partial charge in [0.15, 0.2) is 0 Å². The van der Waals surface area contributed by atoms with Crippen LogP contribution in [0.15, 0.2) is 48.5 Å². The van der Waals surface area contributed by atoms with Gasteiger partial charge >= 0.3 is 12.1 Å². The second kappa shape index (κ2) is 10.7. The molecular formula is C27H32N2O5. The van der Waals surface area contributed by atoms with Gasteiger partial charge in [0.25, 0.3) is 0 Å². The van der Waals surface area contributed by atoms with Crippen LogP contribution in [0.2, 0.25) is 0 Å². The van der Waals surface area contributed by atoms with Gasteiger partial charge in [-0.3, -0.25) is 9.59 Å². The molecule has 0 unspecified atom stereocenters. The Labute approximate surface area is 200 Å². The van der Waals surface area contributed by atoms with E-state index in [-0.39, 0.29) is 37.4 Å². The lowest BCUT2D eigenvalue weighted by molar-refractivity contribution is -0.145. The number of benzene rings is 2. The van der Waals surface area contributed by atoms with Gasteiger partial charge in [-0.25, -0.2) is 4.79 Å². The molecule has 1 saturated heterocycles. The lowest BCUT2D eigenvalue weighted by Gasteiger charge is -2.32. The van der Waals surface area contributed by atoms with Crippen LogP contribution < -0.4 is 5.32 Å². The summed E-state index contributed by atoms with van der Waals surface area (Å²) in [6.07, 6.45) is 2.34. The van der Waals surface area contributed by atoms with Crippen molar-refractivity contribution >= 4 is 18.0 Å². The van der Waals surface area contributed by atoms with E-state index in [4.69, 9.17) is 4.74 Å². The van der Waals surface area contributed by atoms with Crippen molar-refractivity contribution in [2.24, 2.45) is 5.92 Å². The number of fused-ring (bicyclic) bond motifs is 3. The van der Waals surface area contributed by atoms with Crippen molar-refractivity contribution in [3.8, 4) is 11.1 Å². The Hall–Kier alpha value is -3.35. The summed E-state index contributed by atoms with van der Waals surface area (Å²) in [4.78, 5) is 38.4. The van der Waals surface area contributed by atoms with E-state index in [0.717, 1.165) is 17.5 Å². The molecular weight excluding hydrogens is 432 g/mol. The standard InChI is InChI=1S/C27H32N2O5/c1-2-8-19(15-25(30)29-14-7-9-18(16-29)26(31)32)28-27(33)34-17-24-22-12-5-3-10-20(22)21-11-4-6-13-23(21)24/h3-6,10-13,18-19,24H,2,7-9,14-17H2,1H3,(H,28,33)(H,31,32)/t18-,19+/m0/s1. The Kier molecular flexibility index (Phi) is 7.50. The number of carbonyl (C=O) groups excluding carboxylic acids is 2. The van der Waals surface area contributed by atoms with E-state index in [2.05, 4.69) is 29.6 Å². The van der Waals surface area contributed by atoms with Crippen LogP contribution >= 0.6 is 0 Å². The highest BCUT2D eigenvalue weighted by Crippen LogP contribution is 2.44. The van der Waals surface area contributed by atoms with E-state index in [1.165, 1.54) is 11.1 Å². The van der Waals surface area contributed by atoms with Gasteiger partial charge in [-0.1, -0.05) is 61.9 Å². The molecule has 0 saturated carbocycles. The minimum atomic E-state index is -0.862. The number of carboxylic acid groups (broad SMARTS) is 1. The predicted octanol–water partition coefficient (Wildman–Crippen LogP) is 4.41. The Balaban J connectivity index is 1.35. The second-order valence-corrected chi connectivity index (χ2v) is 9.18. The third-order valence-electron chi connectivity index (χ3n) is 6.85. The first kappa shape index (κ1) is 23.8. The molecule has 0 radical (unpaired) electrons. The molecule has 1 aliphatic carbocycles. The molecule has 1 aliphatic heterocycles. The van der Waals surface area contributed by atoms with Crippen LogP contribution in [0.5, 0.6) is 0 Å². The highest BCUT2D eigenvalue weighted by atomic mass is 16.5. The molecule has 1 fully saturated rings. The highest BCUT2D eigenvalue weighted by Gasteiger charge is 2.31. The minimum Gasteiger partial charge on any atom is -0.481 e. The fourth-order valence-electron chi connectivity index (χ4n) is 5.13. The van der Waals surface area contributed by atoms with Crippen molar-refractivity contribution in [1.29, 1.82) is 0 Å². The Morgan fingerprint density at radius 2 is 1.74 bits per heavy atom. The molecule has 7 heteroatoms. The number of piperidine rings is 1. The molecule has 0 spiro atoms. The molecule has 2 aromatic carbocycles. The monoisotopic (exact) mass is 464 g/mol. The normalized spacial score (nSPS) is 18.0. The van der Waals surface area contributed by atoms with E-state index in [0.29, 0.717) is 25.8 Å². The van der Waals surface area contributed by atoms with Crippen LogP contribution in [-0.2, 0) is 14.3 Å². The maximum Gasteiger partial charge on any atom is 0.407 e. The highest BCUT2D eigenvalue weighted by molar-refractivity contribution is 5.80. The summed E-state index contributed by atoms with van der Waals surface area (Å²) in [5.41, 5.74) is 4.63. The number of ether oxygens (including phenoxy) is 1. The topological polar surface area (TPSA) is 95.9 Å². The van der Waals surface area contributed by atoms with E-state index in [1.807, 2.05) is 31.2 Å².